The van der Waals surface area contributed by atoms with Crippen molar-refractivity contribution in [2.24, 2.45) is 0 Å². The third-order valence-corrected chi connectivity index (χ3v) is 2.49. The van der Waals surface area contributed by atoms with Gasteiger partial charge >= 0.3 is 6.09 Å². The molecule has 1 aliphatic rings. The molecule has 1 N–H and O–H groups in total. The van der Waals surface area contributed by atoms with Crippen molar-refractivity contribution in [3.63, 3.8) is 0 Å². The molecule has 1 saturated heterocycles. The first-order valence-corrected chi connectivity index (χ1v) is 5.60. The zero-order valence-electron chi connectivity index (χ0n) is 9.39. The van der Waals surface area contributed by atoms with Crippen LogP contribution in [0.5, 0.6) is 0 Å². The molecule has 1 fully saturated rings. The van der Waals surface area contributed by atoms with E-state index >= 15 is 0 Å². The largest absolute Gasteiger partial charge is 0.436 e. The summed E-state index contributed by atoms with van der Waals surface area (Å²) in [5, 5.41) is 3.68. The molecule has 1 aromatic rings. The van der Waals surface area contributed by atoms with Crippen LogP contribution in [-0.4, -0.2) is 23.6 Å². The lowest BCUT2D eigenvalue weighted by Crippen LogP contribution is -2.38. The maximum absolute atomic E-state index is 11.5. The van der Waals surface area contributed by atoms with Crippen LogP contribution in [0.15, 0.2) is 30.3 Å². The SMILES string of the molecule is O=C(Nc1ccccc1)ON1CCCCC1=O. The number of carbonyl (C=O) groups excluding carboxylic acids is 2. The monoisotopic (exact) mass is 234 g/mol. The number of nitrogens with one attached hydrogen (secondary N) is 1. The molecule has 2 rings (SSSR count). The Morgan fingerprint density at radius 3 is 2.71 bits per heavy atom. The van der Waals surface area contributed by atoms with E-state index in [9.17, 15) is 9.59 Å². The summed E-state index contributed by atoms with van der Waals surface area (Å²) < 4.78 is 0. The van der Waals surface area contributed by atoms with Gasteiger partial charge in [0, 0.05) is 12.1 Å². The fourth-order valence-corrected chi connectivity index (χ4v) is 1.64. The van der Waals surface area contributed by atoms with Crippen LogP contribution in [0.2, 0.25) is 0 Å². The van der Waals surface area contributed by atoms with Crippen molar-refractivity contribution in [3.8, 4) is 0 Å². The number of benzene rings is 1. The highest BCUT2D eigenvalue weighted by atomic mass is 16.7. The van der Waals surface area contributed by atoms with Crippen LogP contribution < -0.4 is 5.32 Å². The predicted molar refractivity (Wildman–Crippen MR) is 62.1 cm³/mol. The molecule has 1 heterocycles. The second kappa shape index (κ2) is 5.34. The van der Waals surface area contributed by atoms with E-state index < -0.39 is 6.09 Å². The molecule has 0 radical (unpaired) electrons. The average Bonchev–Trinajstić information content (AvgIpc) is 2.33. The fourth-order valence-electron chi connectivity index (χ4n) is 1.64. The normalized spacial score (nSPS) is 15.5. The van der Waals surface area contributed by atoms with Crippen molar-refractivity contribution >= 4 is 17.7 Å². The Hall–Kier alpha value is -2.04. The van der Waals surface area contributed by atoms with Gasteiger partial charge in [0.05, 0.1) is 6.54 Å². The number of anilines is 1. The first-order valence-electron chi connectivity index (χ1n) is 5.60. The second-order valence-corrected chi connectivity index (χ2v) is 3.82. The van der Waals surface area contributed by atoms with Crippen molar-refractivity contribution in [1.82, 2.24) is 5.06 Å². The number of hydrogen-bond acceptors (Lipinski definition) is 3. The molecule has 0 aliphatic carbocycles. The lowest BCUT2D eigenvalue weighted by atomic mass is 10.2. The molecule has 0 saturated carbocycles. The lowest BCUT2D eigenvalue weighted by Gasteiger charge is -2.24. The van der Waals surface area contributed by atoms with Crippen LogP contribution in [0.1, 0.15) is 19.3 Å². The molecule has 0 atom stereocenters. The summed E-state index contributed by atoms with van der Waals surface area (Å²) in [6.45, 7) is 0.473. The van der Waals surface area contributed by atoms with E-state index in [1.165, 1.54) is 0 Å². The molecule has 1 aromatic carbocycles. The van der Waals surface area contributed by atoms with E-state index in [0.717, 1.165) is 17.9 Å². The summed E-state index contributed by atoms with van der Waals surface area (Å²) in [5.41, 5.74) is 0.641. The number of nitrogens with zero attached hydrogens (tertiary/aromatic N) is 1. The number of rotatable bonds is 2. The van der Waals surface area contributed by atoms with Gasteiger partial charge in [0.15, 0.2) is 0 Å². The van der Waals surface area contributed by atoms with Crippen LogP contribution in [0, 0.1) is 0 Å². The first kappa shape index (κ1) is 11.4. The van der Waals surface area contributed by atoms with Gasteiger partial charge in [-0.1, -0.05) is 18.2 Å². The standard InChI is InChI=1S/C12H14N2O3/c15-11-8-4-5-9-14(11)17-12(16)13-10-6-2-1-3-7-10/h1-3,6-7H,4-5,8-9H2,(H,13,16). The molecule has 5 nitrogen and oxygen atoms in total. The van der Waals surface area contributed by atoms with Gasteiger partial charge in [0.2, 0.25) is 0 Å². The Balaban J connectivity index is 1.87. The Kier molecular flexibility index (Phi) is 3.59. The smallest absolute Gasteiger partial charge is 0.319 e. The van der Waals surface area contributed by atoms with E-state index in [-0.39, 0.29) is 5.91 Å². The van der Waals surface area contributed by atoms with Gasteiger partial charge in [-0.2, -0.15) is 5.06 Å². The molecule has 5 heteroatoms. The van der Waals surface area contributed by atoms with Gasteiger partial charge in [-0.15, -0.1) is 0 Å². The summed E-state index contributed by atoms with van der Waals surface area (Å²) >= 11 is 0. The molecular weight excluding hydrogens is 220 g/mol. The van der Waals surface area contributed by atoms with Crippen LogP contribution in [0.4, 0.5) is 10.5 Å². The van der Waals surface area contributed by atoms with Crippen molar-refractivity contribution in [2.75, 3.05) is 11.9 Å². The topological polar surface area (TPSA) is 58.6 Å². The summed E-state index contributed by atoms with van der Waals surface area (Å²) in [7, 11) is 0. The Bertz CT molecular complexity index is 405. The third-order valence-electron chi connectivity index (χ3n) is 2.49. The molecule has 2 amide bonds. The van der Waals surface area contributed by atoms with Crippen molar-refractivity contribution in [1.29, 1.82) is 0 Å². The summed E-state index contributed by atoms with van der Waals surface area (Å²) in [4.78, 5) is 27.8. The van der Waals surface area contributed by atoms with Gasteiger partial charge < -0.3 is 4.84 Å². The zero-order chi connectivity index (χ0) is 12.1. The Morgan fingerprint density at radius 1 is 1.24 bits per heavy atom. The van der Waals surface area contributed by atoms with Gasteiger partial charge in [0.25, 0.3) is 5.91 Å². The third kappa shape index (κ3) is 3.21. The minimum atomic E-state index is -0.633. The number of carbonyl (C=O) groups is 2. The van der Waals surface area contributed by atoms with E-state index in [1.54, 1.807) is 12.1 Å². The number of para-hydroxylation sites is 1. The van der Waals surface area contributed by atoms with E-state index in [0.29, 0.717) is 18.7 Å². The van der Waals surface area contributed by atoms with E-state index in [4.69, 9.17) is 4.84 Å². The highest BCUT2D eigenvalue weighted by molar-refractivity contribution is 5.86. The fraction of sp³-hybridized carbons (Fsp3) is 0.333. The first-order chi connectivity index (χ1) is 8.25. The van der Waals surface area contributed by atoms with Crippen LogP contribution in [0.3, 0.4) is 0 Å². The molecule has 17 heavy (non-hydrogen) atoms. The highest BCUT2D eigenvalue weighted by Gasteiger charge is 2.21. The molecule has 1 aliphatic heterocycles. The van der Waals surface area contributed by atoms with Gasteiger partial charge in [0.1, 0.15) is 0 Å². The van der Waals surface area contributed by atoms with Crippen LogP contribution in [0.25, 0.3) is 0 Å². The number of hydroxylamine groups is 2. The maximum Gasteiger partial charge on any atom is 0.436 e. The van der Waals surface area contributed by atoms with Crippen molar-refractivity contribution < 1.29 is 14.4 Å². The quantitative estimate of drug-likeness (QED) is 0.853. The zero-order valence-corrected chi connectivity index (χ0v) is 9.39. The Labute approximate surface area is 99.3 Å². The maximum atomic E-state index is 11.5. The van der Waals surface area contributed by atoms with Crippen LogP contribution in [-0.2, 0) is 9.63 Å². The minimum absolute atomic E-state index is 0.139. The number of amides is 2. The second-order valence-electron chi connectivity index (χ2n) is 3.82. The molecule has 0 spiro atoms. The van der Waals surface area contributed by atoms with Gasteiger partial charge in [-0.05, 0) is 25.0 Å². The van der Waals surface area contributed by atoms with Crippen molar-refractivity contribution in [3.05, 3.63) is 30.3 Å². The summed E-state index contributed by atoms with van der Waals surface area (Å²) in [5.74, 6) is -0.139. The van der Waals surface area contributed by atoms with E-state index in [2.05, 4.69) is 5.32 Å². The Morgan fingerprint density at radius 2 is 2.00 bits per heavy atom. The highest BCUT2D eigenvalue weighted by Crippen LogP contribution is 2.12. The summed E-state index contributed by atoms with van der Waals surface area (Å²) in [6, 6.07) is 8.96. The van der Waals surface area contributed by atoms with Crippen LogP contribution >= 0.6 is 0 Å². The average molecular weight is 234 g/mol. The van der Waals surface area contributed by atoms with Gasteiger partial charge in [-0.25, -0.2) is 4.79 Å². The lowest BCUT2D eigenvalue weighted by molar-refractivity contribution is -0.168. The molecule has 0 unspecified atom stereocenters. The summed E-state index contributed by atoms with van der Waals surface area (Å²) in [6.07, 6.45) is 1.54. The molecule has 90 valence electrons. The molecule has 0 aromatic heterocycles. The number of hydrogen-bond donors (Lipinski definition) is 1. The van der Waals surface area contributed by atoms with Crippen molar-refractivity contribution in [2.45, 2.75) is 19.3 Å². The predicted octanol–water partition coefficient (Wildman–Crippen LogP) is 2.16. The van der Waals surface area contributed by atoms with Gasteiger partial charge in [-0.3, -0.25) is 10.1 Å². The number of piperidine rings is 1. The minimum Gasteiger partial charge on any atom is -0.319 e. The molecule has 0 bridgehead atoms. The molecular formula is C12H14N2O3. The van der Waals surface area contributed by atoms with E-state index in [1.807, 2.05) is 18.2 Å².